The van der Waals surface area contributed by atoms with Crippen LogP contribution in [-0.2, 0) is 4.79 Å². The lowest BCUT2D eigenvalue weighted by molar-refractivity contribution is -0.113. The number of thioether (sulfide) groups is 1. The summed E-state index contributed by atoms with van der Waals surface area (Å²) in [6, 6.07) is 9.02. The van der Waals surface area contributed by atoms with Crippen molar-refractivity contribution in [3.05, 3.63) is 51.0 Å². The molecule has 0 spiro atoms. The van der Waals surface area contributed by atoms with E-state index in [1.165, 1.54) is 11.8 Å². The second kappa shape index (κ2) is 7.74. The predicted molar refractivity (Wildman–Crippen MR) is 112 cm³/mol. The molecule has 0 N–H and O–H groups in total. The van der Waals surface area contributed by atoms with Gasteiger partial charge < -0.3 is 9.32 Å². The maximum Gasteiger partial charge on any atom is 0.286 e. The Morgan fingerprint density at radius 3 is 2.70 bits per heavy atom. The molecule has 0 saturated carbocycles. The first-order valence-electron chi connectivity index (χ1n) is 8.82. The van der Waals surface area contributed by atoms with E-state index in [1.807, 2.05) is 18.2 Å². The number of amidine groups is 1. The molecule has 140 valence electrons. The molecule has 3 heterocycles. The van der Waals surface area contributed by atoms with Gasteiger partial charge in [0.15, 0.2) is 5.17 Å². The molecule has 0 aliphatic carbocycles. The number of hydrogen-bond acceptors (Lipinski definition) is 4. The molecule has 1 aromatic heterocycles. The van der Waals surface area contributed by atoms with E-state index < -0.39 is 0 Å². The van der Waals surface area contributed by atoms with Crippen LogP contribution in [0.3, 0.4) is 0 Å². The minimum atomic E-state index is -0.207. The van der Waals surface area contributed by atoms with Crippen LogP contribution >= 0.6 is 35.0 Å². The number of carbonyl (C=O) groups is 1. The molecule has 0 bridgehead atoms. The zero-order chi connectivity index (χ0) is 19.0. The lowest BCUT2D eigenvalue weighted by atomic mass is 10.00. The van der Waals surface area contributed by atoms with Gasteiger partial charge in [-0.3, -0.25) is 4.79 Å². The van der Waals surface area contributed by atoms with E-state index in [-0.39, 0.29) is 5.91 Å². The van der Waals surface area contributed by atoms with Crippen molar-refractivity contribution in [2.24, 2.45) is 10.9 Å². The van der Waals surface area contributed by atoms with Crippen LogP contribution in [0.4, 0.5) is 0 Å². The number of amides is 1. The zero-order valence-electron chi connectivity index (χ0n) is 14.7. The summed E-state index contributed by atoms with van der Waals surface area (Å²) in [7, 11) is 0. The van der Waals surface area contributed by atoms with Crippen molar-refractivity contribution in [1.29, 1.82) is 0 Å². The first kappa shape index (κ1) is 18.7. The quantitative estimate of drug-likeness (QED) is 0.562. The van der Waals surface area contributed by atoms with E-state index in [0.717, 1.165) is 42.6 Å². The summed E-state index contributed by atoms with van der Waals surface area (Å²) in [5.74, 6) is 1.81. The number of likely N-dealkylation sites (tertiary alicyclic amines) is 1. The van der Waals surface area contributed by atoms with Crippen molar-refractivity contribution >= 4 is 52.1 Å². The van der Waals surface area contributed by atoms with Crippen LogP contribution in [0.15, 0.2) is 44.6 Å². The maximum atomic E-state index is 12.3. The second-order valence-corrected chi connectivity index (χ2v) is 8.63. The summed E-state index contributed by atoms with van der Waals surface area (Å²) in [6.45, 7) is 4.17. The fourth-order valence-corrected chi connectivity index (χ4v) is 4.34. The molecule has 0 unspecified atom stereocenters. The van der Waals surface area contributed by atoms with Crippen molar-refractivity contribution in [3.63, 3.8) is 0 Å². The van der Waals surface area contributed by atoms with E-state index in [0.29, 0.717) is 26.5 Å². The summed E-state index contributed by atoms with van der Waals surface area (Å²) in [4.78, 5) is 19.3. The Kier molecular flexibility index (Phi) is 5.35. The van der Waals surface area contributed by atoms with Gasteiger partial charge in [0, 0.05) is 24.7 Å². The fourth-order valence-electron chi connectivity index (χ4n) is 3.10. The largest absolute Gasteiger partial charge is 0.457 e. The Labute approximate surface area is 172 Å². The molecule has 0 radical (unpaired) electrons. The second-order valence-electron chi connectivity index (χ2n) is 6.81. The minimum absolute atomic E-state index is 0.207. The van der Waals surface area contributed by atoms with Crippen LogP contribution < -0.4 is 0 Å². The molecule has 7 heteroatoms. The summed E-state index contributed by atoms with van der Waals surface area (Å²) in [6.07, 6.45) is 4.02. The molecule has 27 heavy (non-hydrogen) atoms. The van der Waals surface area contributed by atoms with Gasteiger partial charge in [0.05, 0.1) is 15.0 Å². The van der Waals surface area contributed by atoms with Crippen molar-refractivity contribution < 1.29 is 9.21 Å². The first-order chi connectivity index (χ1) is 13.0. The summed E-state index contributed by atoms with van der Waals surface area (Å²) in [5.41, 5.74) is 0.832. The number of furan rings is 1. The van der Waals surface area contributed by atoms with E-state index in [1.54, 1.807) is 18.2 Å². The number of aliphatic imine (C=N–C) groups is 1. The summed E-state index contributed by atoms with van der Waals surface area (Å²) >= 11 is 13.5. The van der Waals surface area contributed by atoms with Gasteiger partial charge in [0.2, 0.25) is 0 Å². The Bertz CT molecular complexity index is 943. The molecule has 2 aliphatic heterocycles. The van der Waals surface area contributed by atoms with Crippen LogP contribution in [-0.4, -0.2) is 29.1 Å². The van der Waals surface area contributed by atoms with Gasteiger partial charge in [-0.2, -0.15) is 4.99 Å². The monoisotopic (exact) mass is 420 g/mol. The van der Waals surface area contributed by atoms with Gasteiger partial charge >= 0.3 is 0 Å². The minimum Gasteiger partial charge on any atom is -0.457 e. The highest BCUT2D eigenvalue weighted by atomic mass is 35.5. The number of piperidine rings is 1. The summed E-state index contributed by atoms with van der Waals surface area (Å²) < 4.78 is 5.86. The lowest BCUT2D eigenvalue weighted by Gasteiger charge is -2.30. The normalized spacial score (nSPS) is 19.8. The fraction of sp³-hybridized carbons (Fsp3) is 0.300. The summed E-state index contributed by atoms with van der Waals surface area (Å²) in [5, 5.41) is 1.77. The average molecular weight is 421 g/mol. The Balaban J connectivity index is 1.49. The maximum absolute atomic E-state index is 12.3. The Morgan fingerprint density at radius 2 is 1.96 bits per heavy atom. The molecule has 1 saturated heterocycles. The van der Waals surface area contributed by atoms with Gasteiger partial charge in [0.25, 0.3) is 5.91 Å². The highest BCUT2D eigenvalue weighted by molar-refractivity contribution is 8.18. The smallest absolute Gasteiger partial charge is 0.286 e. The topological polar surface area (TPSA) is 45.8 Å². The molecular formula is C20H18Cl2N2O2S. The lowest BCUT2D eigenvalue weighted by Crippen LogP contribution is -2.35. The van der Waals surface area contributed by atoms with Gasteiger partial charge in [-0.05, 0) is 60.9 Å². The highest BCUT2D eigenvalue weighted by Crippen LogP contribution is 2.34. The van der Waals surface area contributed by atoms with Gasteiger partial charge in [-0.25, -0.2) is 0 Å². The van der Waals surface area contributed by atoms with Crippen LogP contribution in [0.25, 0.3) is 17.4 Å². The number of rotatable bonds is 2. The third-order valence-electron chi connectivity index (χ3n) is 4.77. The number of carbonyl (C=O) groups excluding carboxylic acids is 1. The van der Waals surface area contributed by atoms with Crippen LogP contribution in [0, 0.1) is 5.92 Å². The molecular weight excluding hydrogens is 403 g/mol. The van der Waals surface area contributed by atoms with Crippen molar-refractivity contribution in [1.82, 2.24) is 4.90 Å². The van der Waals surface area contributed by atoms with Crippen molar-refractivity contribution in [2.75, 3.05) is 13.1 Å². The van der Waals surface area contributed by atoms with Gasteiger partial charge in [-0.1, -0.05) is 30.1 Å². The molecule has 1 fully saturated rings. The van der Waals surface area contributed by atoms with Gasteiger partial charge in [0.1, 0.15) is 11.5 Å². The van der Waals surface area contributed by atoms with Crippen molar-refractivity contribution in [2.45, 2.75) is 19.8 Å². The predicted octanol–water partition coefficient (Wildman–Crippen LogP) is 5.96. The number of hydrogen-bond donors (Lipinski definition) is 0. The number of nitrogens with zero attached hydrogens (tertiary/aromatic N) is 2. The Morgan fingerprint density at radius 1 is 1.19 bits per heavy atom. The molecule has 4 rings (SSSR count). The molecule has 4 nitrogen and oxygen atoms in total. The molecule has 2 aromatic rings. The van der Waals surface area contributed by atoms with Crippen LogP contribution in [0.2, 0.25) is 10.0 Å². The first-order valence-corrected chi connectivity index (χ1v) is 10.4. The molecule has 1 aromatic carbocycles. The van der Waals surface area contributed by atoms with Crippen LogP contribution in [0.5, 0.6) is 0 Å². The van der Waals surface area contributed by atoms with E-state index in [4.69, 9.17) is 27.6 Å². The molecule has 2 aliphatic rings. The third-order valence-corrected chi connectivity index (χ3v) is 6.55. The van der Waals surface area contributed by atoms with Gasteiger partial charge in [-0.15, -0.1) is 0 Å². The molecule has 1 amide bonds. The van der Waals surface area contributed by atoms with E-state index in [2.05, 4.69) is 16.8 Å². The Hall–Kier alpha value is -1.69. The third kappa shape index (κ3) is 4.10. The average Bonchev–Trinajstić information content (AvgIpc) is 3.26. The standard InChI is InChI=1S/C20H18Cl2N2O2S/c1-12-6-8-24(9-7-12)20-23-19(25)18(27-20)11-14-3-5-17(26-14)13-2-4-15(21)16(22)10-13/h2-5,10-12H,6-9H2,1H3/b18-11-. The number of benzene rings is 1. The number of halogens is 2. The van der Waals surface area contributed by atoms with E-state index in [9.17, 15) is 4.79 Å². The van der Waals surface area contributed by atoms with Crippen LogP contribution in [0.1, 0.15) is 25.5 Å². The zero-order valence-corrected chi connectivity index (χ0v) is 17.1. The highest BCUT2D eigenvalue weighted by Gasteiger charge is 2.28. The molecule has 0 atom stereocenters. The SMILES string of the molecule is CC1CCN(C2=NC(=O)/C(=C/c3ccc(-c4ccc(Cl)c(Cl)c4)o3)S2)CC1. The van der Waals surface area contributed by atoms with Crippen molar-refractivity contribution in [3.8, 4) is 11.3 Å². The van der Waals surface area contributed by atoms with E-state index >= 15 is 0 Å².